The zero-order chi connectivity index (χ0) is 23.4. The summed E-state index contributed by atoms with van der Waals surface area (Å²) in [6.45, 7) is 7.08. The third kappa shape index (κ3) is 5.54. The molecule has 4 rings (SSSR count). The lowest BCUT2D eigenvalue weighted by molar-refractivity contribution is -0.139. The minimum atomic E-state index is -0.653. The van der Waals surface area contributed by atoms with Gasteiger partial charge in [-0.25, -0.2) is 4.39 Å². The Bertz CT molecular complexity index is 990. The van der Waals surface area contributed by atoms with E-state index in [1.54, 1.807) is 26.0 Å². The predicted molar refractivity (Wildman–Crippen MR) is 122 cm³/mol. The van der Waals surface area contributed by atoms with E-state index < -0.39 is 11.8 Å². The molecule has 2 amide bonds. The Kier molecular flexibility index (Phi) is 6.98. The van der Waals surface area contributed by atoms with Crippen molar-refractivity contribution < 1.29 is 23.5 Å². The average molecular weight is 457 g/mol. The smallest absolute Gasteiger partial charge is 0.309 e. The third-order valence-electron chi connectivity index (χ3n) is 5.81. The number of rotatable bonds is 6. The second-order valence-electron chi connectivity index (χ2n) is 8.47. The molecule has 0 bridgehead atoms. The van der Waals surface area contributed by atoms with Gasteiger partial charge in [0.2, 0.25) is 6.79 Å². The molecule has 0 unspecified atom stereocenters. The Balaban J connectivity index is 1.46. The van der Waals surface area contributed by atoms with Crippen molar-refractivity contribution >= 4 is 17.5 Å². The maximum atomic E-state index is 13.3. The number of fused-ring (bicyclic) bond motifs is 1. The molecule has 0 aromatic heterocycles. The molecule has 2 aromatic rings. The highest BCUT2D eigenvalue weighted by Crippen LogP contribution is 2.35. The number of hydrogen-bond acceptors (Lipinski definition) is 6. The Morgan fingerprint density at radius 2 is 1.67 bits per heavy atom. The lowest BCUT2D eigenvalue weighted by Gasteiger charge is -2.40. The summed E-state index contributed by atoms with van der Waals surface area (Å²) >= 11 is 0. The van der Waals surface area contributed by atoms with Gasteiger partial charge in [0.25, 0.3) is 0 Å². The minimum Gasteiger partial charge on any atom is -0.454 e. The number of carbonyl (C=O) groups is 2. The molecule has 2 N–H and O–H groups in total. The number of benzene rings is 2. The summed E-state index contributed by atoms with van der Waals surface area (Å²) in [5.41, 5.74) is 1.95. The summed E-state index contributed by atoms with van der Waals surface area (Å²) in [5, 5.41) is 5.39. The van der Waals surface area contributed by atoms with Gasteiger partial charge in [0, 0.05) is 44.5 Å². The molecule has 0 radical (unpaired) electrons. The van der Waals surface area contributed by atoms with Crippen LogP contribution in [0.1, 0.15) is 25.5 Å². The van der Waals surface area contributed by atoms with Crippen molar-refractivity contribution in [2.75, 3.05) is 44.4 Å². The quantitative estimate of drug-likeness (QED) is 0.648. The van der Waals surface area contributed by atoms with E-state index in [0.717, 1.165) is 37.4 Å². The zero-order valence-electron chi connectivity index (χ0n) is 18.8. The van der Waals surface area contributed by atoms with Crippen LogP contribution in [0.5, 0.6) is 11.5 Å². The van der Waals surface area contributed by atoms with Crippen molar-refractivity contribution in [2.45, 2.75) is 25.9 Å². The predicted octanol–water partition coefficient (Wildman–Crippen LogP) is 2.06. The maximum Gasteiger partial charge on any atom is 0.309 e. The van der Waals surface area contributed by atoms with Gasteiger partial charge in [-0.3, -0.25) is 14.5 Å². The van der Waals surface area contributed by atoms with E-state index in [9.17, 15) is 14.0 Å². The number of hydrogen-bond donors (Lipinski definition) is 2. The second-order valence-corrected chi connectivity index (χ2v) is 8.47. The lowest BCUT2D eigenvalue weighted by Crippen LogP contribution is -2.51. The Morgan fingerprint density at radius 3 is 2.36 bits per heavy atom. The van der Waals surface area contributed by atoms with Crippen molar-refractivity contribution in [3.63, 3.8) is 0 Å². The lowest BCUT2D eigenvalue weighted by atomic mass is 10.0. The highest BCUT2D eigenvalue weighted by Gasteiger charge is 2.28. The van der Waals surface area contributed by atoms with Crippen LogP contribution in [-0.2, 0) is 9.59 Å². The van der Waals surface area contributed by atoms with Crippen molar-refractivity contribution in [1.82, 2.24) is 15.5 Å². The maximum absolute atomic E-state index is 13.3. The van der Waals surface area contributed by atoms with Gasteiger partial charge in [0.15, 0.2) is 11.5 Å². The molecular formula is C24H29FN4O4. The van der Waals surface area contributed by atoms with Crippen LogP contribution >= 0.6 is 0 Å². The summed E-state index contributed by atoms with van der Waals surface area (Å²) in [5.74, 6) is -0.183. The molecule has 1 atom stereocenters. The van der Waals surface area contributed by atoms with Crippen molar-refractivity contribution in [3.8, 4) is 11.5 Å². The van der Waals surface area contributed by atoms with Crippen LogP contribution in [0.3, 0.4) is 0 Å². The second kappa shape index (κ2) is 10.1. The zero-order valence-corrected chi connectivity index (χ0v) is 18.8. The molecule has 8 nitrogen and oxygen atoms in total. The van der Waals surface area contributed by atoms with E-state index in [4.69, 9.17) is 9.47 Å². The van der Waals surface area contributed by atoms with Crippen molar-refractivity contribution in [1.29, 1.82) is 0 Å². The fourth-order valence-corrected chi connectivity index (χ4v) is 4.12. The fourth-order valence-electron chi connectivity index (χ4n) is 4.12. The Morgan fingerprint density at radius 1 is 0.970 bits per heavy atom. The molecule has 33 heavy (non-hydrogen) atoms. The van der Waals surface area contributed by atoms with E-state index in [-0.39, 0.29) is 31.2 Å². The highest BCUT2D eigenvalue weighted by atomic mass is 19.1. The summed E-state index contributed by atoms with van der Waals surface area (Å²) in [6.07, 6.45) is 0. The van der Waals surface area contributed by atoms with Gasteiger partial charge in [-0.15, -0.1) is 0 Å². The van der Waals surface area contributed by atoms with E-state index in [0.29, 0.717) is 11.5 Å². The van der Waals surface area contributed by atoms with E-state index in [1.165, 1.54) is 12.1 Å². The van der Waals surface area contributed by atoms with Crippen LogP contribution in [-0.4, -0.2) is 62.3 Å². The SMILES string of the molecule is CC(C)NC(=O)C(=O)NC[C@@H](c1ccc2c(c1)OCO2)N1CCN(c2ccc(F)cc2)CC1. The normalized spacial score (nSPS) is 16.5. The molecule has 0 spiro atoms. The molecule has 1 fully saturated rings. The number of halogens is 1. The van der Waals surface area contributed by atoms with Crippen LogP contribution in [0.2, 0.25) is 0 Å². The molecule has 9 heteroatoms. The van der Waals surface area contributed by atoms with Crippen LogP contribution in [0.4, 0.5) is 10.1 Å². The van der Waals surface area contributed by atoms with E-state index >= 15 is 0 Å². The standard InChI is InChI=1S/C24H29FN4O4/c1-16(2)27-24(31)23(30)26-14-20(17-3-8-21-22(13-17)33-15-32-21)29-11-9-28(10-12-29)19-6-4-18(25)5-7-19/h3-8,13,16,20H,9-12,14-15H2,1-2H3,(H,26,30)(H,27,31)/t20-/m0/s1. The van der Waals surface area contributed by atoms with Crippen LogP contribution in [0.25, 0.3) is 0 Å². The summed E-state index contributed by atoms with van der Waals surface area (Å²) in [7, 11) is 0. The topological polar surface area (TPSA) is 83.1 Å². The summed E-state index contributed by atoms with van der Waals surface area (Å²) < 4.78 is 24.2. The van der Waals surface area contributed by atoms with Gasteiger partial charge in [-0.2, -0.15) is 0 Å². The van der Waals surface area contributed by atoms with Crippen LogP contribution in [0.15, 0.2) is 42.5 Å². The average Bonchev–Trinajstić information content (AvgIpc) is 3.28. The summed E-state index contributed by atoms with van der Waals surface area (Å²) in [6, 6.07) is 12.0. The van der Waals surface area contributed by atoms with Gasteiger partial charge >= 0.3 is 11.8 Å². The molecule has 176 valence electrons. The molecule has 1 saturated heterocycles. The molecule has 0 aliphatic carbocycles. The number of ether oxygens (including phenoxy) is 2. The molecule has 2 aliphatic rings. The number of nitrogens with zero attached hydrogens (tertiary/aromatic N) is 2. The molecule has 2 aromatic carbocycles. The van der Waals surface area contributed by atoms with Gasteiger partial charge in [0.05, 0.1) is 6.04 Å². The van der Waals surface area contributed by atoms with Crippen LogP contribution in [0, 0.1) is 5.82 Å². The molecule has 2 heterocycles. The largest absolute Gasteiger partial charge is 0.454 e. The van der Waals surface area contributed by atoms with E-state index in [2.05, 4.69) is 20.4 Å². The third-order valence-corrected chi connectivity index (χ3v) is 5.81. The first-order valence-electron chi connectivity index (χ1n) is 11.1. The fraction of sp³-hybridized carbons (Fsp3) is 0.417. The molecular weight excluding hydrogens is 427 g/mol. The van der Waals surface area contributed by atoms with Gasteiger partial charge in [-0.05, 0) is 55.8 Å². The van der Waals surface area contributed by atoms with Gasteiger partial charge in [-0.1, -0.05) is 6.07 Å². The monoisotopic (exact) mass is 456 g/mol. The number of anilines is 1. The Labute approximate surface area is 192 Å². The van der Waals surface area contributed by atoms with Crippen molar-refractivity contribution in [2.24, 2.45) is 0 Å². The number of piperazine rings is 1. The number of amides is 2. The van der Waals surface area contributed by atoms with Gasteiger partial charge in [0.1, 0.15) is 5.82 Å². The van der Waals surface area contributed by atoms with Crippen LogP contribution < -0.4 is 25.0 Å². The number of carbonyl (C=O) groups excluding carboxylic acids is 2. The number of nitrogens with one attached hydrogen (secondary N) is 2. The van der Waals surface area contributed by atoms with Gasteiger partial charge < -0.3 is 25.0 Å². The van der Waals surface area contributed by atoms with E-state index in [1.807, 2.05) is 18.2 Å². The Hall–Kier alpha value is -3.33. The van der Waals surface area contributed by atoms with Crippen molar-refractivity contribution in [3.05, 3.63) is 53.8 Å². The first-order chi connectivity index (χ1) is 15.9. The highest BCUT2D eigenvalue weighted by molar-refractivity contribution is 6.35. The minimum absolute atomic E-state index is 0.118. The first kappa shape index (κ1) is 22.8. The molecule has 2 aliphatic heterocycles. The first-order valence-corrected chi connectivity index (χ1v) is 11.1. The molecule has 0 saturated carbocycles. The summed E-state index contributed by atoms with van der Waals surface area (Å²) in [4.78, 5) is 28.9.